The SMILES string of the molecule is CSc1nc(OCc2ccccc2)c2c3c(C(F)F)nn(-c4c(C(F)(F)F)c(C)cc5c4cnn5C4CCCCO4)c3n(C)c2n1. The maximum absolute atomic E-state index is 14.9. The van der Waals surface area contributed by atoms with E-state index in [0.717, 1.165) is 23.1 Å². The van der Waals surface area contributed by atoms with Gasteiger partial charge in [0.05, 0.1) is 33.7 Å². The minimum Gasteiger partial charge on any atom is -0.472 e. The topological polar surface area (TPSA) is 84.8 Å². The van der Waals surface area contributed by atoms with E-state index in [2.05, 4.69) is 20.2 Å². The van der Waals surface area contributed by atoms with Crippen molar-refractivity contribution in [1.82, 2.24) is 34.1 Å². The zero-order valence-electron chi connectivity index (χ0n) is 25.0. The molecule has 46 heavy (non-hydrogen) atoms. The Hall–Kier alpha value is -4.24. The number of halogens is 5. The Kier molecular flexibility index (Phi) is 7.62. The molecule has 5 heterocycles. The summed E-state index contributed by atoms with van der Waals surface area (Å²) < 4.78 is 90.3. The molecule has 1 atom stereocenters. The number of alkyl halides is 5. The lowest BCUT2D eigenvalue weighted by atomic mass is 10.0. The summed E-state index contributed by atoms with van der Waals surface area (Å²) in [5.41, 5.74) is -0.831. The average Bonchev–Trinajstić information content (AvgIpc) is 3.72. The highest BCUT2D eigenvalue weighted by molar-refractivity contribution is 7.98. The third-order valence-corrected chi connectivity index (χ3v) is 8.76. The van der Waals surface area contributed by atoms with Crippen molar-refractivity contribution >= 4 is 44.7 Å². The molecule has 1 aliphatic heterocycles. The Labute approximate surface area is 263 Å². The summed E-state index contributed by atoms with van der Waals surface area (Å²) in [7, 11) is 1.55. The van der Waals surface area contributed by atoms with Gasteiger partial charge in [-0.2, -0.15) is 28.4 Å². The fraction of sp³-hybridized carbons (Fsp3) is 0.355. The van der Waals surface area contributed by atoms with E-state index in [4.69, 9.17) is 9.47 Å². The highest BCUT2D eigenvalue weighted by atomic mass is 32.2. The number of fused-ring (bicyclic) bond motifs is 4. The molecular weight excluding hydrogens is 629 g/mol. The molecule has 15 heteroatoms. The highest BCUT2D eigenvalue weighted by Gasteiger charge is 2.40. The smallest absolute Gasteiger partial charge is 0.418 e. The molecule has 7 rings (SSSR count). The molecule has 240 valence electrons. The van der Waals surface area contributed by atoms with Crippen LogP contribution in [0.25, 0.3) is 38.7 Å². The van der Waals surface area contributed by atoms with Crippen LogP contribution in [0.1, 0.15) is 54.3 Å². The number of nitrogens with zero attached hydrogens (tertiary/aromatic N) is 7. The molecule has 1 fully saturated rings. The van der Waals surface area contributed by atoms with Crippen molar-refractivity contribution in [2.24, 2.45) is 7.05 Å². The lowest BCUT2D eigenvalue weighted by Gasteiger charge is -2.24. The van der Waals surface area contributed by atoms with Gasteiger partial charge in [0, 0.05) is 19.0 Å². The van der Waals surface area contributed by atoms with E-state index in [1.54, 1.807) is 18.0 Å². The lowest BCUT2D eigenvalue weighted by molar-refractivity contribution is -0.137. The standard InChI is InChI=1S/C31H28F5N7O2S/c1-16-13-19-18(14-37-42(19)20-11-7-8-12-44-20)25(23(16)31(34,35)36)43-29-21(24(40-43)26(32)33)22-27(41(29)2)38-30(46-3)39-28(22)45-15-17-9-5-4-6-10-17/h4-6,9-10,13-14,20,26H,7-8,11-12,15H2,1-3H3. The Balaban J connectivity index is 1.54. The molecule has 0 radical (unpaired) electrons. The molecule has 4 aromatic heterocycles. The van der Waals surface area contributed by atoms with Crippen molar-refractivity contribution in [2.45, 2.75) is 56.8 Å². The second-order valence-corrected chi connectivity index (χ2v) is 11.9. The first-order valence-electron chi connectivity index (χ1n) is 14.6. The molecule has 0 N–H and O–H groups in total. The van der Waals surface area contributed by atoms with Gasteiger partial charge in [-0.25, -0.2) is 23.1 Å². The largest absolute Gasteiger partial charge is 0.472 e. The number of hydrogen-bond donors (Lipinski definition) is 0. The van der Waals surface area contributed by atoms with Gasteiger partial charge in [0.15, 0.2) is 17.0 Å². The first-order chi connectivity index (χ1) is 22.1. The Morgan fingerprint density at radius 3 is 2.57 bits per heavy atom. The molecule has 1 unspecified atom stereocenters. The van der Waals surface area contributed by atoms with Crippen LogP contribution in [-0.4, -0.2) is 47.0 Å². The van der Waals surface area contributed by atoms with Gasteiger partial charge in [0.25, 0.3) is 6.43 Å². The van der Waals surface area contributed by atoms with Gasteiger partial charge in [-0.1, -0.05) is 42.1 Å². The molecule has 2 aromatic carbocycles. The fourth-order valence-electron chi connectivity index (χ4n) is 6.20. The van der Waals surface area contributed by atoms with Gasteiger partial charge in [-0.15, -0.1) is 0 Å². The predicted molar refractivity (Wildman–Crippen MR) is 163 cm³/mol. The van der Waals surface area contributed by atoms with Crippen molar-refractivity contribution in [2.75, 3.05) is 12.9 Å². The van der Waals surface area contributed by atoms with Crippen LogP contribution in [0, 0.1) is 6.92 Å². The number of ether oxygens (including phenoxy) is 2. The van der Waals surface area contributed by atoms with Crippen LogP contribution >= 0.6 is 11.8 Å². The Bertz CT molecular complexity index is 2080. The molecule has 0 spiro atoms. The molecule has 0 saturated carbocycles. The third kappa shape index (κ3) is 4.96. The summed E-state index contributed by atoms with van der Waals surface area (Å²) in [5, 5.41) is 9.06. The Morgan fingerprint density at radius 1 is 1.11 bits per heavy atom. The average molecular weight is 658 g/mol. The quantitative estimate of drug-likeness (QED) is 0.0980. The number of thioether (sulfide) groups is 1. The predicted octanol–water partition coefficient (Wildman–Crippen LogP) is 7.92. The monoisotopic (exact) mass is 657 g/mol. The highest BCUT2D eigenvalue weighted by Crippen LogP contribution is 2.45. The molecule has 0 aliphatic carbocycles. The second kappa shape index (κ2) is 11.5. The number of hydrogen-bond acceptors (Lipinski definition) is 7. The number of benzene rings is 2. The van der Waals surface area contributed by atoms with Crippen molar-refractivity contribution in [3.8, 4) is 11.6 Å². The van der Waals surface area contributed by atoms with Crippen LogP contribution < -0.4 is 4.74 Å². The fourth-order valence-corrected chi connectivity index (χ4v) is 6.55. The van der Waals surface area contributed by atoms with Crippen molar-refractivity contribution in [3.63, 3.8) is 0 Å². The molecule has 0 bridgehead atoms. The summed E-state index contributed by atoms with van der Waals surface area (Å²) in [6.45, 7) is 1.92. The molecular formula is C31H28F5N7O2S. The number of aryl methyl sites for hydroxylation is 2. The van der Waals surface area contributed by atoms with Crippen molar-refractivity contribution < 1.29 is 31.4 Å². The van der Waals surface area contributed by atoms with Gasteiger partial charge in [0.1, 0.15) is 17.9 Å². The minimum absolute atomic E-state index is 0.0125. The number of rotatable bonds is 7. The minimum atomic E-state index is -4.85. The normalized spacial score (nSPS) is 16.0. The van der Waals surface area contributed by atoms with E-state index < -0.39 is 35.8 Å². The van der Waals surface area contributed by atoms with Crippen LogP contribution in [0.15, 0.2) is 47.8 Å². The van der Waals surface area contributed by atoms with Gasteiger partial charge in [-0.05, 0) is 49.6 Å². The van der Waals surface area contributed by atoms with Crippen LogP contribution in [0.3, 0.4) is 0 Å². The van der Waals surface area contributed by atoms with Gasteiger partial charge in [-0.3, -0.25) is 0 Å². The van der Waals surface area contributed by atoms with Gasteiger partial charge < -0.3 is 14.0 Å². The van der Waals surface area contributed by atoms with E-state index in [9.17, 15) is 22.0 Å². The summed E-state index contributed by atoms with van der Waals surface area (Å²) >= 11 is 1.22. The second-order valence-electron chi connectivity index (χ2n) is 11.1. The van der Waals surface area contributed by atoms with E-state index in [0.29, 0.717) is 23.7 Å². The maximum atomic E-state index is 14.9. The van der Waals surface area contributed by atoms with Crippen LogP contribution in [-0.2, 0) is 24.6 Å². The van der Waals surface area contributed by atoms with Crippen LogP contribution in [0.2, 0.25) is 0 Å². The summed E-state index contributed by atoms with van der Waals surface area (Å²) in [4.78, 5) is 9.05. The first-order valence-corrected chi connectivity index (χ1v) is 15.8. The maximum Gasteiger partial charge on any atom is 0.418 e. The zero-order valence-corrected chi connectivity index (χ0v) is 25.8. The third-order valence-electron chi connectivity index (χ3n) is 8.21. The summed E-state index contributed by atoms with van der Waals surface area (Å²) in [6.07, 6.45) is -2.99. The van der Waals surface area contributed by atoms with Crippen molar-refractivity contribution in [3.05, 3.63) is 65.0 Å². The van der Waals surface area contributed by atoms with Crippen LogP contribution in [0.5, 0.6) is 5.88 Å². The molecule has 6 aromatic rings. The zero-order chi connectivity index (χ0) is 32.3. The molecule has 1 saturated heterocycles. The first kappa shape index (κ1) is 30.4. The number of aromatic nitrogens is 7. The van der Waals surface area contributed by atoms with Gasteiger partial charge >= 0.3 is 6.18 Å². The lowest BCUT2D eigenvalue weighted by Crippen LogP contribution is -2.19. The summed E-state index contributed by atoms with van der Waals surface area (Å²) in [6, 6.07) is 10.6. The Morgan fingerprint density at radius 2 is 1.89 bits per heavy atom. The van der Waals surface area contributed by atoms with Crippen molar-refractivity contribution in [1.29, 1.82) is 0 Å². The van der Waals surface area contributed by atoms with Crippen LogP contribution in [0.4, 0.5) is 22.0 Å². The molecule has 9 nitrogen and oxygen atoms in total. The van der Waals surface area contributed by atoms with E-state index in [1.165, 1.54) is 35.5 Å². The summed E-state index contributed by atoms with van der Waals surface area (Å²) in [5.74, 6) is 0.0259. The molecule has 0 amide bonds. The molecule has 1 aliphatic rings. The van der Waals surface area contributed by atoms with E-state index >= 15 is 0 Å². The van der Waals surface area contributed by atoms with E-state index in [1.807, 2.05) is 30.3 Å². The van der Waals surface area contributed by atoms with Gasteiger partial charge in [0.2, 0.25) is 5.88 Å². The van der Waals surface area contributed by atoms with E-state index in [-0.39, 0.29) is 45.5 Å².